The Morgan fingerprint density at radius 2 is 1.28 bits per heavy atom. The van der Waals surface area contributed by atoms with E-state index in [9.17, 15) is 26.3 Å². The minimum atomic E-state index is -4.94. The summed E-state index contributed by atoms with van der Waals surface area (Å²) in [5.74, 6) is -0.159. The van der Waals surface area contributed by atoms with Crippen LogP contribution in [0.2, 0.25) is 0 Å². The molecule has 0 heterocycles. The van der Waals surface area contributed by atoms with Crippen molar-refractivity contribution >= 4 is 31.9 Å². The molecule has 0 radical (unpaired) electrons. The van der Waals surface area contributed by atoms with Crippen LogP contribution in [0.25, 0.3) is 0 Å². The molecular formula is C17H11Br2F6+. The van der Waals surface area contributed by atoms with Crippen LogP contribution < -0.4 is 0 Å². The molecule has 134 valence electrons. The van der Waals surface area contributed by atoms with Gasteiger partial charge in [0, 0.05) is 21.5 Å². The van der Waals surface area contributed by atoms with Crippen molar-refractivity contribution in [3.05, 3.63) is 67.2 Å². The number of alkyl halides is 6. The summed E-state index contributed by atoms with van der Waals surface area (Å²) in [4.78, 5) is 0. The molecule has 0 aromatic heterocycles. The Morgan fingerprint density at radius 1 is 0.880 bits per heavy atom. The maximum atomic E-state index is 13.3. The van der Waals surface area contributed by atoms with Gasteiger partial charge in [-0.05, 0) is 37.8 Å². The second-order valence-corrected chi connectivity index (χ2v) is 7.33. The normalized spacial score (nSPS) is 22.2. The van der Waals surface area contributed by atoms with Crippen LogP contribution in [0.15, 0.2) is 61.3 Å². The first-order valence-corrected chi connectivity index (χ1v) is 8.57. The van der Waals surface area contributed by atoms with Crippen LogP contribution in [0.4, 0.5) is 26.3 Å². The van der Waals surface area contributed by atoms with Gasteiger partial charge in [0.25, 0.3) is 0 Å². The molecular weight excluding hydrogens is 478 g/mol. The standard InChI is InChI=1S/C17H11Br2F6/c1-8-3-12(16(20,21)22)10(13(4-8)17(23,24)25)7-11-14(18)5-9(2)6-15(11)19/h3-6,9H,1-2H3/q+1. The monoisotopic (exact) mass is 487 g/mol. The molecule has 2 rings (SSSR count). The summed E-state index contributed by atoms with van der Waals surface area (Å²) >= 11 is 6.37. The van der Waals surface area contributed by atoms with E-state index < -0.39 is 29.1 Å². The molecule has 2 aliphatic rings. The molecule has 25 heavy (non-hydrogen) atoms. The predicted molar refractivity (Wildman–Crippen MR) is 90.9 cm³/mol. The van der Waals surface area contributed by atoms with Crippen LogP contribution in [0.1, 0.15) is 13.8 Å². The van der Waals surface area contributed by atoms with Gasteiger partial charge in [-0.3, -0.25) is 0 Å². The van der Waals surface area contributed by atoms with E-state index in [0.29, 0.717) is 21.1 Å². The number of halogens is 8. The number of hydrogen-bond acceptors (Lipinski definition) is 0. The largest absolute Gasteiger partial charge is 0.468 e. The summed E-state index contributed by atoms with van der Waals surface area (Å²) in [5.41, 5.74) is -1.34. The topological polar surface area (TPSA) is 0 Å². The van der Waals surface area contributed by atoms with Gasteiger partial charge in [0.1, 0.15) is 0 Å². The van der Waals surface area contributed by atoms with Crippen LogP contribution in [-0.2, 0) is 0 Å². The van der Waals surface area contributed by atoms with E-state index in [2.05, 4.69) is 37.6 Å². The van der Waals surface area contributed by atoms with Crippen LogP contribution in [0, 0.1) is 11.8 Å². The average molecular weight is 489 g/mol. The van der Waals surface area contributed by atoms with Gasteiger partial charge >= 0.3 is 12.4 Å². The van der Waals surface area contributed by atoms with E-state index in [0.717, 1.165) is 0 Å². The fourth-order valence-corrected chi connectivity index (χ4v) is 4.13. The van der Waals surface area contributed by atoms with E-state index in [1.54, 1.807) is 12.2 Å². The maximum absolute atomic E-state index is 13.3. The third kappa shape index (κ3) is 4.54. The second-order valence-electron chi connectivity index (χ2n) is 5.62. The molecule has 0 saturated carbocycles. The van der Waals surface area contributed by atoms with Crippen molar-refractivity contribution in [3.63, 3.8) is 0 Å². The Hall–Kier alpha value is -1.11. The Labute approximate surface area is 157 Å². The molecule has 0 N–H and O–H groups in total. The molecule has 0 spiro atoms. The Morgan fingerprint density at radius 3 is 1.64 bits per heavy atom. The third-order valence-corrected chi connectivity index (χ3v) is 4.76. The van der Waals surface area contributed by atoms with Crippen LogP contribution in [0.3, 0.4) is 0 Å². The molecule has 8 heteroatoms. The number of allylic oxidation sites excluding steroid dienone is 9. The van der Waals surface area contributed by atoms with Crippen molar-refractivity contribution in [1.29, 1.82) is 0 Å². The zero-order valence-electron chi connectivity index (χ0n) is 12.9. The SMILES string of the molecule is C[C+]1C=C(C(F)(F)F)C(=C=C2C(Br)=CC(C)C=C2Br)C(C(F)(F)F)=C1. The number of hydrogen-bond donors (Lipinski definition) is 0. The van der Waals surface area contributed by atoms with Gasteiger partial charge in [-0.25, -0.2) is 0 Å². The predicted octanol–water partition coefficient (Wildman–Crippen LogP) is 7.23. The maximum Gasteiger partial charge on any atom is 0.468 e. The number of rotatable bonds is 0. The Bertz CT molecular complexity index is 712. The van der Waals surface area contributed by atoms with Gasteiger partial charge in [0.15, 0.2) is 16.7 Å². The average Bonchev–Trinajstić information content (AvgIpc) is 2.41. The van der Waals surface area contributed by atoms with E-state index in [1.165, 1.54) is 6.92 Å². The van der Waals surface area contributed by atoms with Gasteiger partial charge < -0.3 is 0 Å². The molecule has 2 aliphatic carbocycles. The molecule has 0 unspecified atom stereocenters. The minimum Gasteiger partial charge on any atom is -0.154 e. The summed E-state index contributed by atoms with van der Waals surface area (Å²) in [6.07, 6.45) is -5.16. The zero-order valence-corrected chi connectivity index (χ0v) is 16.1. The highest BCUT2D eigenvalue weighted by Crippen LogP contribution is 2.45. The van der Waals surface area contributed by atoms with Crippen LogP contribution >= 0.6 is 31.9 Å². The van der Waals surface area contributed by atoms with Crippen molar-refractivity contribution in [3.8, 4) is 0 Å². The van der Waals surface area contributed by atoms with Crippen molar-refractivity contribution in [2.75, 3.05) is 0 Å². The highest BCUT2D eigenvalue weighted by Gasteiger charge is 2.53. The van der Waals surface area contributed by atoms with E-state index in [1.807, 2.05) is 6.92 Å². The van der Waals surface area contributed by atoms with Gasteiger partial charge in [0.2, 0.25) is 0 Å². The highest BCUT2D eigenvalue weighted by molar-refractivity contribution is 9.12. The smallest absolute Gasteiger partial charge is 0.154 e. The Kier molecular flexibility index (Phi) is 5.57. The van der Waals surface area contributed by atoms with Gasteiger partial charge in [-0.2, -0.15) is 26.3 Å². The summed E-state index contributed by atoms with van der Waals surface area (Å²) in [6.45, 7) is 3.02. The molecule has 0 atom stereocenters. The lowest BCUT2D eigenvalue weighted by Crippen LogP contribution is -2.24. The quantitative estimate of drug-likeness (QED) is 0.192. The molecule has 0 amide bonds. The molecule has 0 nitrogen and oxygen atoms in total. The first kappa shape index (κ1) is 20.2. The molecule has 0 aromatic rings. The van der Waals surface area contributed by atoms with Crippen molar-refractivity contribution in [1.82, 2.24) is 0 Å². The molecule has 0 fully saturated rings. The fraction of sp³-hybridized carbons (Fsp3) is 0.294. The lowest BCUT2D eigenvalue weighted by Gasteiger charge is -2.18. The Balaban J connectivity index is 2.82. The van der Waals surface area contributed by atoms with Crippen molar-refractivity contribution in [2.45, 2.75) is 26.2 Å². The van der Waals surface area contributed by atoms with Gasteiger partial charge in [-0.15, -0.1) is 0 Å². The lowest BCUT2D eigenvalue weighted by molar-refractivity contribution is -0.0978. The molecule has 0 aromatic carbocycles. The summed E-state index contributed by atoms with van der Waals surface area (Å²) in [5, 5.41) is 0. The van der Waals surface area contributed by atoms with Crippen LogP contribution in [-0.4, -0.2) is 12.4 Å². The third-order valence-electron chi connectivity index (χ3n) is 3.44. The molecule has 0 saturated heterocycles. The van der Waals surface area contributed by atoms with Crippen molar-refractivity contribution < 1.29 is 26.3 Å². The molecule has 0 aliphatic heterocycles. The first-order valence-electron chi connectivity index (χ1n) is 6.99. The summed E-state index contributed by atoms with van der Waals surface area (Å²) in [7, 11) is 0. The zero-order chi connectivity index (χ0) is 19.2. The second kappa shape index (κ2) is 6.89. The summed E-state index contributed by atoms with van der Waals surface area (Å²) < 4.78 is 80.8. The van der Waals surface area contributed by atoms with E-state index in [-0.39, 0.29) is 17.4 Å². The highest BCUT2D eigenvalue weighted by atomic mass is 79.9. The van der Waals surface area contributed by atoms with E-state index >= 15 is 0 Å². The van der Waals surface area contributed by atoms with E-state index in [4.69, 9.17) is 0 Å². The molecule has 0 bridgehead atoms. The van der Waals surface area contributed by atoms with Gasteiger partial charge in [0.05, 0.1) is 18.1 Å². The van der Waals surface area contributed by atoms with Crippen LogP contribution in [0.5, 0.6) is 0 Å². The van der Waals surface area contributed by atoms with Crippen molar-refractivity contribution in [2.24, 2.45) is 5.92 Å². The fourth-order valence-electron chi connectivity index (χ4n) is 2.40. The minimum absolute atomic E-state index is 0.0310. The summed E-state index contributed by atoms with van der Waals surface area (Å²) in [6, 6.07) is 0. The first-order chi connectivity index (χ1) is 11.3. The lowest BCUT2D eigenvalue weighted by atomic mass is 9.86. The van der Waals surface area contributed by atoms with Gasteiger partial charge in [-0.1, -0.05) is 24.8 Å².